The van der Waals surface area contributed by atoms with Crippen LogP contribution in [0, 0.1) is 11.8 Å². The van der Waals surface area contributed by atoms with Crippen molar-refractivity contribution >= 4 is 16.9 Å². The van der Waals surface area contributed by atoms with Gasteiger partial charge in [-0.2, -0.15) is 0 Å². The second-order valence-corrected chi connectivity index (χ2v) is 9.49. The number of aliphatic hydroxyl groups excluding tert-OH is 6. The Morgan fingerprint density at radius 1 is 1.22 bits per heavy atom. The summed E-state index contributed by atoms with van der Waals surface area (Å²) in [4.78, 5) is 16.9. The van der Waals surface area contributed by atoms with E-state index < -0.39 is 43.1 Å². The van der Waals surface area contributed by atoms with E-state index in [1.165, 1.54) is 6.42 Å². The third kappa shape index (κ3) is 6.44. The summed E-state index contributed by atoms with van der Waals surface area (Å²) in [5.41, 5.74) is 1.85. The lowest BCUT2D eigenvalue weighted by molar-refractivity contribution is -0.164. The number of aliphatic hydroxyl groups is 6. The van der Waals surface area contributed by atoms with Gasteiger partial charge in [0.25, 0.3) is 0 Å². The largest absolute Gasteiger partial charge is 0.497 e. The van der Waals surface area contributed by atoms with Gasteiger partial charge in [0.1, 0.15) is 24.1 Å². The Kier molecular flexibility index (Phi) is 9.96. The molecule has 0 spiro atoms. The molecule has 7 N–H and O–H groups in total. The number of aromatic nitrogens is 1. The monoisotopic (exact) mass is 520 g/mol. The van der Waals surface area contributed by atoms with Gasteiger partial charge in [-0.05, 0) is 61.1 Å². The highest BCUT2D eigenvalue weighted by Crippen LogP contribution is 2.42. The van der Waals surface area contributed by atoms with Crippen molar-refractivity contribution in [1.82, 2.24) is 9.88 Å². The number of methoxy groups -OCH3 is 1. The highest BCUT2D eigenvalue weighted by Gasteiger charge is 2.42. The van der Waals surface area contributed by atoms with Crippen molar-refractivity contribution in [3.63, 3.8) is 0 Å². The molecule has 3 aliphatic heterocycles. The molecule has 0 aliphatic carbocycles. The topological polar surface area (TPSA) is 184 Å². The zero-order valence-electron chi connectivity index (χ0n) is 20.7. The third-order valence-corrected chi connectivity index (χ3v) is 7.33. The van der Waals surface area contributed by atoms with Crippen LogP contribution in [-0.2, 0) is 4.79 Å². The van der Waals surface area contributed by atoms with E-state index in [2.05, 4.69) is 22.5 Å². The fourth-order valence-corrected chi connectivity index (χ4v) is 5.11. The van der Waals surface area contributed by atoms with Crippen LogP contribution in [0.5, 0.6) is 5.75 Å². The average Bonchev–Trinajstić information content (AvgIpc) is 2.94. The molecule has 3 saturated heterocycles. The van der Waals surface area contributed by atoms with Crippen molar-refractivity contribution in [3.8, 4) is 5.75 Å². The summed E-state index contributed by atoms with van der Waals surface area (Å²) in [5, 5.41) is 63.9. The van der Waals surface area contributed by atoms with Crippen LogP contribution >= 0.6 is 0 Å². The molecule has 0 saturated carbocycles. The summed E-state index contributed by atoms with van der Waals surface area (Å²) in [6.45, 7) is 5.23. The summed E-state index contributed by atoms with van der Waals surface area (Å²) in [6.07, 6.45) is -2.22. The first kappa shape index (κ1) is 28.9. The molecule has 2 aromatic rings. The van der Waals surface area contributed by atoms with Gasteiger partial charge in [0.15, 0.2) is 6.10 Å². The maximum absolute atomic E-state index is 11.2. The summed E-state index contributed by atoms with van der Waals surface area (Å²) in [7, 11) is 1.66. The molecule has 1 aromatic heterocycles. The van der Waals surface area contributed by atoms with Gasteiger partial charge < -0.3 is 40.5 Å². The van der Waals surface area contributed by atoms with Crippen molar-refractivity contribution in [2.24, 2.45) is 11.8 Å². The molecule has 3 fully saturated rings. The lowest BCUT2D eigenvalue weighted by atomic mass is 9.73. The highest BCUT2D eigenvalue weighted by molar-refractivity contribution is 5.84. The number of aliphatic carboxylic acids is 1. The maximum atomic E-state index is 11.2. The van der Waals surface area contributed by atoms with Crippen molar-refractivity contribution in [3.05, 3.63) is 48.7 Å². The molecule has 1 aromatic carbocycles. The van der Waals surface area contributed by atoms with Gasteiger partial charge in [0.2, 0.25) is 0 Å². The van der Waals surface area contributed by atoms with Crippen LogP contribution in [0.2, 0.25) is 0 Å². The Bertz CT molecular complexity index is 1070. The number of rotatable bonds is 9. The number of carbonyl (C=O) groups is 1. The Hall–Kier alpha value is -2.64. The van der Waals surface area contributed by atoms with Crippen LogP contribution < -0.4 is 4.74 Å². The molecule has 11 heteroatoms. The van der Waals surface area contributed by atoms with E-state index in [1.807, 2.05) is 24.3 Å². The minimum Gasteiger partial charge on any atom is -0.497 e. The Morgan fingerprint density at radius 2 is 1.95 bits per heavy atom. The van der Waals surface area contributed by atoms with E-state index >= 15 is 0 Å². The van der Waals surface area contributed by atoms with Crippen LogP contribution in [0.15, 0.2) is 43.1 Å². The molecular formula is C26H36N2O9. The summed E-state index contributed by atoms with van der Waals surface area (Å²) < 4.78 is 5.35. The Labute approximate surface area is 214 Å². The van der Waals surface area contributed by atoms with E-state index in [1.54, 1.807) is 13.3 Å². The second-order valence-electron chi connectivity index (χ2n) is 9.49. The molecule has 2 bridgehead atoms. The number of piperidine rings is 3. The van der Waals surface area contributed by atoms with Crippen molar-refractivity contribution in [1.29, 1.82) is 0 Å². The number of pyridine rings is 1. The number of ether oxygens (including phenoxy) is 1. The van der Waals surface area contributed by atoms with Gasteiger partial charge in [-0.25, -0.2) is 4.79 Å². The van der Waals surface area contributed by atoms with E-state index in [9.17, 15) is 9.90 Å². The van der Waals surface area contributed by atoms with Gasteiger partial charge in [0.05, 0.1) is 25.3 Å². The maximum Gasteiger partial charge on any atom is 0.335 e. The van der Waals surface area contributed by atoms with Crippen LogP contribution in [-0.4, -0.2) is 109 Å². The average molecular weight is 521 g/mol. The number of hydrogen-bond donors (Lipinski definition) is 7. The minimum absolute atomic E-state index is 0.178. The van der Waals surface area contributed by atoms with Gasteiger partial charge >= 0.3 is 5.97 Å². The fourth-order valence-electron chi connectivity index (χ4n) is 5.11. The SMILES string of the molecule is C=C[C@H]1C[N@]2CC[C@H]1C[C@H]2[C@H](O)c1ccnc2ccc(OC)cc12.O=C(O)[C@H](O)[C@@H](O)[C@H](O)[C@H](O)CO. The molecule has 3 aliphatic rings. The smallest absolute Gasteiger partial charge is 0.335 e. The standard InChI is InChI=1S/C20H24N2O2.C6H12O7/c1-3-13-12-22-9-7-14(13)10-19(22)20(23)16-6-8-21-18-5-4-15(24-2)11-17(16)18;7-1-2(8)3(9)4(10)5(11)6(12)13/h3-6,8,11,13-14,19-20,23H,1,7,9-10,12H2,2H3;2-5,7-11H,1H2,(H,12,13)/t13-,14-,19-,20+;2-,3-,4+,5-/m01/s1. The van der Waals surface area contributed by atoms with E-state index in [0.717, 1.165) is 41.7 Å². The van der Waals surface area contributed by atoms with Crippen LogP contribution in [0.1, 0.15) is 24.5 Å². The predicted molar refractivity (Wildman–Crippen MR) is 134 cm³/mol. The first-order chi connectivity index (χ1) is 17.6. The third-order valence-electron chi connectivity index (χ3n) is 7.33. The summed E-state index contributed by atoms with van der Waals surface area (Å²) >= 11 is 0. The van der Waals surface area contributed by atoms with Gasteiger partial charge in [-0.3, -0.25) is 9.88 Å². The van der Waals surface area contributed by atoms with E-state index in [0.29, 0.717) is 11.8 Å². The fraction of sp³-hybridized carbons (Fsp3) is 0.538. The Morgan fingerprint density at radius 3 is 2.51 bits per heavy atom. The number of hydrogen-bond acceptors (Lipinski definition) is 10. The van der Waals surface area contributed by atoms with Crippen LogP contribution in [0.25, 0.3) is 10.9 Å². The minimum atomic E-state index is -2.20. The molecule has 0 unspecified atom stereocenters. The van der Waals surface area contributed by atoms with Crippen molar-refractivity contribution in [2.45, 2.75) is 49.4 Å². The lowest BCUT2D eigenvalue weighted by Gasteiger charge is -2.50. The van der Waals surface area contributed by atoms with Crippen LogP contribution in [0.4, 0.5) is 0 Å². The Balaban J connectivity index is 0.000000251. The molecule has 11 nitrogen and oxygen atoms in total. The number of benzene rings is 1. The number of fused-ring (bicyclic) bond motifs is 4. The molecule has 204 valence electrons. The summed E-state index contributed by atoms with van der Waals surface area (Å²) in [5.74, 6) is 0.282. The molecule has 37 heavy (non-hydrogen) atoms. The number of carboxylic acid groups (broad SMARTS) is 1. The molecule has 9 atom stereocenters. The van der Waals surface area contributed by atoms with Crippen molar-refractivity contribution in [2.75, 3.05) is 26.8 Å². The van der Waals surface area contributed by atoms with E-state index in [-0.39, 0.29) is 6.04 Å². The summed E-state index contributed by atoms with van der Waals surface area (Å²) in [6, 6.07) is 7.96. The number of carboxylic acids is 1. The first-order valence-electron chi connectivity index (χ1n) is 12.2. The normalized spacial score (nSPS) is 26.8. The zero-order valence-corrected chi connectivity index (χ0v) is 20.7. The zero-order chi connectivity index (χ0) is 27.3. The lowest BCUT2D eigenvalue weighted by Crippen LogP contribution is -2.54. The van der Waals surface area contributed by atoms with Crippen molar-refractivity contribution < 1.29 is 45.3 Å². The first-order valence-corrected chi connectivity index (χ1v) is 12.2. The van der Waals surface area contributed by atoms with Gasteiger partial charge in [-0.15, -0.1) is 6.58 Å². The molecule has 4 heterocycles. The molecule has 0 amide bonds. The second kappa shape index (κ2) is 12.7. The molecule has 0 radical (unpaired) electrons. The molecule has 5 rings (SSSR count). The van der Waals surface area contributed by atoms with Gasteiger partial charge in [0, 0.05) is 24.2 Å². The highest BCUT2D eigenvalue weighted by atomic mass is 16.5. The van der Waals surface area contributed by atoms with E-state index in [4.69, 9.17) is 35.4 Å². The molecular weight excluding hydrogens is 484 g/mol. The predicted octanol–water partition coefficient (Wildman–Crippen LogP) is -0.320. The van der Waals surface area contributed by atoms with Gasteiger partial charge in [-0.1, -0.05) is 6.08 Å². The van der Waals surface area contributed by atoms with Crippen LogP contribution in [0.3, 0.4) is 0 Å². The quantitative estimate of drug-likeness (QED) is 0.215. The number of nitrogens with zero attached hydrogens (tertiary/aromatic N) is 2.